The Balaban J connectivity index is 1.14. The zero-order chi connectivity index (χ0) is 38.0. The summed E-state index contributed by atoms with van der Waals surface area (Å²) in [7, 11) is 0. The van der Waals surface area contributed by atoms with Crippen LogP contribution in [0.4, 0.5) is 34.1 Å². The zero-order valence-electron chi connectivity index (χ0n) is 32.0. The van der Waals surface area contributed by atoms with E-state index in [2.05, 4.69) is 191 Å². The summed E-state index contributed by atoms with van der Waals surface area (Å²) in [6.07, 6.45) is 0. The number of nitrogens with zero attached hydrogens (tertiary/aromatic N) is 2. The normalized spacial score (nSPS) is 13.4. The molecule has 12 rings (SSSR count). The molecular weight excluding hydrogens is 756 g/mol. The van der Waals surface area contributed by atoms with Gasteiger partial charge in [-0.2, -0.15) is 0 Å². The fraction of sp³-hybridized carbons (Fsp3) is 0.0588. The van der Waals surface area contributed by atoms with E-state index >= 15 is 0 Å². The molecule has 0 unspecified atom stereocenters. The Bertz CT molecular complexity index is 3270. The molecule has 4 nitrogen and oxygen atoms in total. The fourth-order valence-corrected chi connectivity index (χ4v) is 12.0. The minimum atomic E-state index is -2.00. The molecule has 0 saturated carbocycles. The maximum atomic E-state index is 6.89. The zero-order valence-corrected chi connectivity index (χ0v) is 34.1. The van der Waals surface area contributed by atoms with Crippen LogP contribution in [0.3, 0.4) is 0 Å². The van der Waals surface area contributed by atoms with Gasteiger partial charge < -0.3 is 4.42 Å². The molecule has 2 aromatic heterocycles. The van der Waals surface area contributed by atoms with Crippen molar-refractivity contribution in [2.45, 2.75) is 17.3 Å². The molecule has 6 heteroatoms. The van der Waals surface area contributed by atoms with Crippen LogP contribution in [0, 0.1) is 0 Å². The summed E-state index contributed by atoms with van der Waals surface area (Å²) < 4.78 is 15.1. The summed E-state index contributed by atoms with van der Waals surface area (Å²) in [5.74, 6) is 7.36. The van der Waals surface area contributed by atoms with Crippen LogP contribution < -0.4 is 30.6 Å². The van der Waals surface area contributed by atoms with Gasteiger partial charge in [-0.1, -0.05) is 48.5 Å². The molecule has 0 radical (unpaired) electrons. The first-order chi connectivity index (χ1) is 27.9. The molecule has 0 saturated heterocycles. The van der Waals surface area contributed by atoms with Gasteiger partial charge in [0, 0.05) is 16.5 Å². The van der Waals surface area contributed by atoms with E-state index in [9.17, 15) is 0 Å². The molecule has 2 aliphatic heterocycles. The Morgan fingerprint density at radius 2 is 0.895 bits per heavy atom. The Labute approximate surface area is 334 Å². The number of hydrogen-bond acceptors (Lipinski definition) is 4. The summed E-state index contributed by atoms with van der Waals surface area (Å²) >= 11 is -2.00. The van der Waals surface area contributed by atoms with Gasteiger partial charge in [-0.05, 0) is 18.2 Å². The molecule has 10 aromatic rings. The van der Waals surface area contributed by atoms with Crippen molar-refractivity contribution in [3.8, 4) is 11.1 Å². The first-order valence-electron chi connectivity index (χ1n) is 19.8. The second-order valence-electron chi connectivity index (χ2n) is 16.5. The third-order valence-electron chi connectivity index (χ3n) is 12.2. The monoisotopic (exact) mass is 794 g/mol. The standard InChI is InChI=1S/C51H37BGeN2O2/c1-53(2,3)34-28-26-32(27-29-34)33-30-38-36-15-5-11-25-48(36)57-51(38)46(31-33)55-42-20-9-7-18-40(42)52-39-17-6-8-19-41(39)54(43-21-13-22-44(55)49(43)52)45-23-12-16-37-35-14-4-10-24-47(35)56-50(37)45/h4-31H,1-3H3. The average molecular weight is 793 g/mol. The van der Waals surface area contributed by atoms with Gasteiger partial charge in [0.15, 0.2) is 5.58 Å². The van der Waals surface area contributed by atoms with Crippen LogP contribution in [-0.2, 0) is 0 Å². The first kappa shape index (κ1) is 32.8. The summed E-state index contributed by atoms with van der Waals surface area (Å²) in [6.45, 7) is 0.0240. The van der Waals surface area contributed by atoms with Gasteiger partial charge in [0.2, 0.25) is 0 Å². The number of hydrogen-bond donors (Lipinski definition) is 0. The van der Waals surface area contributed by atoms with Crippen molar-refractivity contribution >= 4 is 119 Å². The minimum absolute atomic E-state index is 0.0240. The molecule has 270 valence electrons. The molecule has 0 atom stereocenters. The van der Waals surface area contributed by atoms with E-state index in [1.807, 2.05) is 6.07 Å². The van der Waals surface area contributed by atoms with E-state index in [1.54, 1.807) is 0 Å². The molecule has 4 heterocycles. The van der Waals surface area contributed by atoms with E-state index in [0.29, 0.717) is 0 Å². The van der Waals surface area contributed by atoms with Crippen LogP contribution in [-0.4, -0.2) is 20.0 Å². The van der Waals surface area contributed by atoms with Crippen molar-refractivity contribution in [3.05, 3.63) is 170 Å². The molecule has 0 fully saturated rings. The molecule has 0 N–H and O–H groups in total. The fourth-order valence-electron chi connectivity index (χ4n) is 9.57. The van der Waals surface area contributed by atoms with E-state index in [-0.39, 0.29) is 6.71 Å². The van der Waals surface area contributed by atoms with Crippen LogP contribution in [0.15, 0.2) is 179 Å². The first-order valence-corrected chi connectivity index (χ1v) is 27.1. The molecule has 0 amide bonds. The second-order valence-corrected chi connectivity index (χ2v) is 27.1. The molecule has 0 aliphatic carbocycles. The number of anilines is 6. The van der Waals surface area contributed by atoms with Gasteiger partial charge in [0.25, 0.3) is 0 Å². The third-order valence-corrected chi connectivity index (χ3v) is 16.5. The molecule has 0 spiro atoms. The van der Waals surface area contributed by atoms with E-state index < -0.39 is 13.3 Å². The van der Waals surface area contributed by atoms with Gasteiger partial charge in [-0.25, -0.2) is 0 Å². The molecule has 57 heavy (non-hydrogen) atoms. The van der Waals surface area contributed by atoms with Crippen molar-refractivity contribution in [1.29, 1.82) is 0 Å². The molecule has 2 aliphatic rings. The van der Waals surface area contributed by atoms with Crippen molar-refractivity contribution in [3.63, 3.8) is 0 Å². The maximum absolute atomic E-state index is 6.89. The molecule has 8 aromatic carbocycles. The molecular formula is C51H37BGeN2O2. The van der Waals surface area contributed by atoms with Crippen molar-refractivity contribution in [1.82, 2.24) is 0 Å². The second kappa shape index (κ2) is 12.0. The van der Waals surface area contributed by atoms with Gasteiger partial charge >= 0.3 is 231 Å². The van der Waals surface area contributed by atoms with Gasteiger partial charge in [-0.3, -0.25) is 0 Å². The summed E-state index contributed by atoms with van der Waals surface area (Å²) in [5.41, 5.74) is 16.4. The van der Waals surface area contributed by atoms with Crippen molar-refractivity contribution in [2.24, 2.45) is 0 Å². The van der Waals surface area contributed by atoms with Crippen LogP contribution in [0.5, 0.6) is 0 Å². The number of fused-ring (bicyclic) bond motifs is 10. The van der Waals surface area contributed by atoms with Crippen LogP contribution >= 0.6 is 0 Å². The summed E-state index contributed by atoms with van der Waals surface area (Å²) in [4.78, 5) is 4.89. The van der Waals surface area contributed by atoms with Crippen molar-refractivity contribution in [2.75, 3.05) is 9.80 Å². The SMILES string of the molecule is [CH3][Ge]([CH3])([CH3])[c]1ccc(-c2cc(N3c4ccccc4B4c5ccccc5N(c5cccc6c5oc5ccccc56)c5cccc3c54)c3oc4ccccc4c3c2)cc1. The number of benzene rings is 8. The average Bonchev–Trinajstić information content (AvgIpc) is 3.82. The predicted molar refractivity (Wildman–Crippen MR) is 243 cm³/mol. The summed E-state index contributed by atoms with van der Waals surface area (Å²) in [5, 5.41) is 4.47. The Kier molecular flexibility index (Phi) is 6.92. The Morgan fingerprint density at radius 3 is 1.54 bits per heavy atom. The van der Waals surface area contributed by atoms with Crippen LogP contribution in [0.25, 0.3) is 55.0 Å². The Morgan fingerprint density at radius 1 is 0.404 bits per heavy atom. The van der Waals surface area contributed by atoms with Gasteiger partial charge in [0.1, 0.15) is 5.58 Å². The summed E-state index contributed by atoms with van der Waals surface area (Å²) in [6, 6.07) is 62.0. The number of furan rings is 2. The van der Waals surface area contributed by atoms with E-state index in [0.717, 1.165) is 78.0 Å². The van der Waals surface area contributed by atoms with Crippen LogP contribution in [0.2, 0.25) is 17.3 Å². The van der Waals surface area contributed by atoms with Gasteiger partial charge in [-0.15, -0.1) is 0 Å². The quantitative estimate of drug-likeness (QED) is 0.166. The van der Waals surface area contributed by atoms with E-state index in [4.69, 9.17) is 8.83 Å². The van der Waals surface area contributed by atoms with Gasteiger partial charge in [0.05, 0.1) is 5.69 Å². The Hall–Kier alpha value is -6.43. The number of rotatable bonds is 4. The van der Waals surface area contributed by atoms with E-state index in [1.165, 1.54) is 31.9 Å². The molecule has 0 bridgehead atoms. The van der Waals surface area contributed by atoms with Crippen LogP contribution in [0.1, 0.15) is 0 Å². The predicted octanol–water partition coefficient (Wildman–Crippen LogP) is 11.8. The topological polar surface area (TPSA) is 32.8 Å². The number of para-hydroxylation sites is 5. The van der Waals surface area contributed by atoms with Crippen molar-refractivity contribution < 1.29 is 8.83 Å². The third kappa shape index (κ3) is 4.76.